The molecule has 2 aromatic heterocycles. The molecule has 0 bridgehead atoms. The number of aryl methyl sites for hydroxylation is 1. The van der Waals surface area contributed by atoms with E-state index in [9.17, 15) is 8.42 Å². The summed E-state index contributed by atoms with van der Waals surface area (Å²) in [5, 5.41) is 10.2. The van der Waals surface area contributed by atoms with Crippen LogP contribution in [0.25, 0.3) is 11.0 Å². The van der Waals surface area contributed by atoms with E-state index in [1.807, 2.05) is 6.07 Å². The Labute approximate surface area is 223 Å². The molecular formula is C28H34N6O3S. The first kappa shape index (κ1) is 26.0. The summed E-state index contributed by atoms with van der Waals surface area (Å²) in [4.78, 5) is 12.8. The summed E-state index contributed by atoms with van der Waals surface area (Å²) in [5.41, 5.74) is 4.35. The molecule has 3 heterocycles. The molecule has 0 atom stereocenters. The van der Waals surface area contributed by atoms with Gasteiger partial charge >= 0.3 is 0 Å². The zero-order chi connectivity index (χ0) is 26.9. The van der Waals surface area contributed by atoms with Crippen molar-refractivity contribution in [3.63, 3.8) is 0 Å². The minimum Gasteiger partial charge on any atom is -0.495 e. The van der Waals surface area contributed by atoms with E-state index in [0.717, 1.165) is 42.8 Å². The normalized spacial score (nSPS) is 14.7. The first-order chi connectivity index (χ1) is 18.3. The van der Waals surface area contributed by atoms with Crippen LogP contribution in [0.4, 0.5) is 23.1 Å². The lowest BCUT2D eigenvalue weighted by Gasteiger charge is -2.25. The Kier molecular flexibility index (Phi) is 7.27. The number of ether oxygens (including phenoxy) is 1. The van der Waals surface area contributed by atoms with E-state index in [-0.39, 0.29) is 4.90 Å². The number of aromatic nitrogens is 3. The molecule has 0 saturated carbocycles. The van der Waals surface area contributed by atoms with Crippen molar-refractivity contribution in [1.29, 1.82) is 0 Å². The van der Waals surface area contributed by atoms with Gasteiger partial charge in [-0.25, -0.2) is 8.42 Å². The number of fused-ring (bicyclic) bond motifs is 1. The van der Waals surface area contributed by atoms with E-state index in [0.29, 0.717) is 29.0 Å². The van der Waals surface area contributed by atoms with Crippen LogP contribution >= 0.6 is 0 Å². The van der Waals surface area contributed by atoms with Gasteiger partial charge in [-0.15, -0.1) is 0 Å². The molecule has 0 amide bonds. The van der Waals surface area contributed by atoms with Crippen molar-refractivity contribution in [2.24, 2.45) is 0 Å². The summed E-state index contributed by atoms with van der Waals surface area (Å²) in [5.74, 6) is 2.08. The Morgan fingerprint density at radius 3 is 2.53 bits per heavy atom. The van der Waals surface area contributed by atoms with Crippen molar-refractivity contribution in [3.8, 4) is 5.75 Å². The quantitative estimate of drug-likeness (QED) is 0.237. The monoisotopic (exact) mass is 534 g/mol. The minimum absolute atomic E-state index is 0.234. The Bertz CT molecular complexity index is 1560. The first-order valence-electron chi connectivity index (χ1n) is 12.9. The van der Waals surface area contributed by atoms with E-state index in [1.54, 1.807) is 51.4 Å². The molecule has 1 saturated heterocycles. The van der Waals surface area contributed by atoms with Gasteiger partial charge in [0.25, 0.3) is 0 Å². The number of benzene rings is 2. The van der Waals surface area contributed by atoms with Crippen LogP contribution in [0.3, 0.4) is 0 Å². The van der Waals surface area contributed by atoms with E-state index >= 15 is 0 Å². The highest BCUT2D eigenvalue weighted by Gasteiger charge is 2.24. The number of hydrogen-bond donors (Lipinski definition) is 4. The van der Waals surface area contributed by atoms with Crippen LogP contribution in [0.1, 0.15) is 43.7 Å². The summed E-state index contributed by atoms with van der Waals surface area (Å²) in [6, 6.07) is 12.9. The maximum atomic E-state index is 13.0. The molecule has 200 valence electrons. The minimum atomic E-state index is -3.50. The molecule has 2 aromatic carbocycles. The number of methoxy groups -OCH3 is 1. The second-order valence-corrected chi connectivity index (χ2v) is 12.4. The second kappa shape index (κ2) is 10.6. The number of para-hydroxylation sites is 1. The fraction of sp³-hybridized carbons (Fsp3) is 0.357. The van der Waals surface area contributed by atoms with Crippen molar-refractivity contribution in [2.75, 3.05) is 30.8 Å². The average molecular weight is 535 g/mol. The number of rotatable bonds is 8. The van der Waals surface area contributed by atoms with Gasteiger partial charge in [-0.1, -0.05) is 12.1 Å². The molecule has 0 unspecified atom stereocenters. The summed E-state index contributed by atoms with van der Waals surface area (Å²) in [7, 11) is -1.84. The number of piperidine rings is 1. The molecule has 4 aromatic rings. The number of aromatic amines is 1. The molecule has 0 spiro atoms. The second-order valence-electron chi connectivity index (χ2n) is 9.91. The molecule has 0 radical (unpaired) electrons. The molecule has 1 fully saturated rings. The maximum absolute atomic E-state index is 13.0. The summed E-state index contributed by atoms with van der Waals surface area (Å²) in [6.45, 7) is 7.52. The molecule has 4 N–H and O–H groups in total. The number of sulfone groups is 1. The molecule has 38 heavy (non-hydrogen) atoms. The van der Waals surface area contributed by atoms with Crippen molar-refractivity contribution >= 4 is 44.0 Å². The van der Waals surface area contributed by atoms with E-state index in [2.05, 4.69) is 45.0 Å². The molecule has 0 aliphatic carbocycles. The third-order valence-corrected chi connectivity index (χ3v) is 9.31. The van der Waals surface area contributed by atoms with Crippen LogP contribution < -0.4 is 20.7 Å². The standard InChI is InChI=1S/C28H34N6O3S/c1-17(2)38(35,36)25-8-6-5-7-22(25)31-27-20-11-14-30-26(20)33-28(34-27)32-23-15-18(3)21(16-24(23)37-4)19-9-12-29-13-10-19/h5-8,11,14-17,19,29H,9-10,12-13H2,1-4H3,(H3,30,31,32,33,34). The Hall–Kier alpha value is -3.63. The highest BCUT2D eigenvalue weighted by molar-refractivity contribution is 7.92. The number of anilines is 4. The summed E-state index contributed by atoms with van der Waals surface area (Å²) in [6.07, 6.45) is 3.99. The smallest absolute Gasteiger partial charge is 0.231 e. The highest BCUT2D eigenvalue weighted by atomic mass is 32.2. The summed E-state index contributed by atoms with van der Waals surface area (Å²) < 4.78 is 31.8. The van der Waals surface area contributed by atoms with Crippen molar-refractivity contribution < 1.29 is 13.2 Å². The lowest BCUT2D eigenvalue weighted by Crippen LogP contribution is -2.27. The molecular weight excluding hydrogens is 500 g/mol. The highest BCUT2D eigenvalue weighted by Crippen LogP contribution is 2.37. The lowest BCUT2D eigenvalue weighted by atomic mass is 9.87. The predicted molar refractivity (Wildman–Crippen MR) is 152 cm³/mol. The molecule has 1 aliphatic rings. The number of nitrogens with one attached hydrogen (secondary N) is 4. The van der Waals surface area contributed by atoms with Gasteiger partial charge in [-0.05, 0) is 94.1 Å². The fourth-order valence-corrected chi connectivity index (χ4v) is 6.16. The van der Waals surface area contributed by atoms with Crippen molar-refractivity contribution in [1.82, 2.24) is 20.3 Å². The van der Waals surface area contributed by atoms with Gasteiger partial charge < -0.3 is 25.7 Å². The number of H-pyrrole nitrogens is 1. The SMILES string of the molecule is COc1cc(C2CCNCC2)c(C)cc1Nc1nc(Nc2ccccc2S(=O)(=O)C(C)C)c2cc[nH]c2n1. The van der Waals surface area contributed by atoms with Crippen LogP contribution in [0.15, 0.2) is 53.6 Å². The fourth-order valence-electron chi connectivity index (χ4n) is 4.96. The third kappa shape index (κ3) is 5.06. The zero-order valence-electron chi connectivity index (χ0n) is 22.1. The Morgan fingerprint density at radius 1 is 1.03 bits per heavy atom. The summed E-state index contributed by atoms with van der Waals surface area (Å²) >= 11 is 0. The lowest BCUT2D eigenvalue weighted by molar-refractivity contribution is 0.413. The predicted octanol–water partition coefficient (Wildman–Crippen LogP) is 5.41. The van der Waals surface area contributed by atoms with E-state index < -0.39 is 15.1 Å². The largest absolute Gasteiger partial charge is 0.495 e. The molecule has 10 heteroatoms. The van der Waals surface area contributed by atoms with Gasteiger partial charge in [0.05, 0.1) is 34.0 Å². The van der Waals surface area contributed by atoms with Crippen LogP contribution in [0, 0.1) is 6.92 Å². The number of hydrogen-bond acceptors (Lipinski definition) is 8. The van der Waals surface area contributed by atoms with E-state index in [4.69, 9.17) is 9.72 Å². The average Bonchev–Trinajstić information content (AvgIpc) is 3.38. The van der Waals surface area contributed by atoms with Crippen LogP contribution in [-0.4, -0.2) is 48.8 Å². The van der Waals surface area contributed by atoms with Crippen molar-refractivity contribution in [3.05, 3.63) is 59.8 Å². The van der Waals surface area contributed by atoms with Gasteiger partial charge in [0, 0.05) is 6.20 Å². The molecule has 5 rings (SSSR count). The van der Waals surface area contributed by atoms with Gasteiger partial charge in [-0.3, -0.25) is 0 Å². The maximum Gasteiger partial charge on any atom is 0.231 e. The van der Waals surface area contributed by atoms with Gasteiger partial charge in [0.1, 0.15) is 17.2 Å². The van der Waals surface area contributed by atoms with Gasteiger partial charge in [0.2, 0.25) is 5.95 Å². The third-order valence-electron chi connectivity index (χ3n) is 7.10. The number of nitrogens with zero attached hydrogens (tertiary/aromatic N) is 2. The van der Waals surface area contributed by atoms with Crippen molar-refractivity contribution in [2.45, 2.75) is 49.7 Å². The Balaban J connectivity index is 1.51. The topological polar surface area (TPSA) is 121 Å². The van der Waals surface area contributed by atoms with Crippen LogP contribution in [0.2, 0.25) is 0 Å². The van der Waals surface area contributed by atoms with Crippen LogP contribution in [0.5, 0.6) is 5.75 Å². The molecule has 9 nitrogen and oxygen atoms in total. The zero-order valence-corrected chi connectivity index (χ0v) is 22.9. The Morgan fingerprint density at radius 2 is 1.79 bits per heavy atom. The molecule has 1 aliphatic heterocycles. The van der Waals surface area contributed by atoms with E-state index in [1.165, 1.54) is 11.1 Å². The first-order valence-corrected chi connectivity index (χ1v) is 14.4. The van der Waals surface area contributed by atoms with Gasteiger partial charge in [0.15, 0.2) is 9.84 Å². The van der Waals surface area contributed by atoms with Gasteiger partial charge in [-0.2, -0.15) is 9.97 Å². The van der Waals surface area contributed by atoms with Crippen LogP contribution in [-0.2, 0) is 9.84 Å².